The molecule has 1 saturated carbocycles. The Bertz CT molecular complexity index is 681. The minimum absolute atomic E-state index is 0.132. The predicted molar refractivity (Wildman–Crippen MR) is 81.4 cm³/mol. The van der Waals surface area contributed by atoms with E-state index in [9.17, 15) is 4.39 Å². The van der Waals surface area contributed by atoms with E-state index >= 15 is 0 Å². The number of anilines is 1. The van der Waals surface area contributed by atoms with Crippen molar-refractivity contribution >= 4 is 5.69 Å². The van der Waals surface area contributed by atoms with E-state index in [1.54, 1.807) is 12.1 Å². The number of hydrogen-bond donors (Lipinski definition) is 1. The smallest absolute Gasteiger partial charge is 0.147 e. The second-order valence-electron chi connectivity index (χ2n) is 5.68. The van der Waals surface area contributed by atoms with E-state index in [0.29, 0.717) is 17.2 Å². The SMILES string of the molecule is Cc1ccc(C(Nc2ccc(C#N)cc2F)C2CC2)cc1. The normalized spacial score (nSPS) is 15.3. The molecular weight excluding hydrogens is 263 g/mol. The molecule has 2 aromatic rings. The van der Waals surface area contributed by atoms with Crippen LogP contribution in [0.15, 0.2) is 42.5 Å². The number of nitrogens with zero attached hydrogens (tertiary/aromatic N) is 1. The summed E-state index contributed by atoms with van der Waals surface area (Å²) >= 11 is 0. The van der Waals surface area contributed by atoms with E-state index in [-0.39, 0.29) is 11.9 Å². The molecule has 1 fully saturated rings. The zero-order valence-electron chi connectivity index (χ0n) is 11.9. The number of rotatable bonds is 4. The fourth-order valence-electron chi connectivity index (χ4n) is 2.55. The lowest BCUT2D eigenvalue weighted by Crippen LogP contribution is -2.14. The summed E-state index contributed by atoms with van der Waals surface area (Å²) in [7, 11) is 0. The maximum atomic E-state index is 14.0. The van der Waals surface area contributed by atoms with Crippen LogP contribution in [0.2, 0.25) is 0 Å². The Morgan fingerprint density at radius 3 is 2.48 bits per heavy atom. The molecule has 0 aromatic heterocycles. The fourth-order valence-corrected chi connectivity index (χ4v) is 2.55. The molecule has 106 valence electrons. The van der Waals surface area contributed by atoms with E-state index in [1.807, 2.05) is 6.07 Å². The standard InChI is InChI=1S/C18H17FN2/c1-12-2-5-14(6-3-12)18(15-7-8-15)21-17-9-4-13(11-20)10-16(17)19/h2-6,9-10,15,18,21H,7-8H2,1H3. The molecule has 3 rings (SSSR count). The van der Waals surface area contributed by atoms with Gasteiger partial charge in [-0.1, -0.05) is 29.8 Å². The summed E-state index contributed by atoms with van der Waals surface area (Å²) < 4.78 is 14.0. The minimum Gasteiger partial charge on any atom is -0.376 e. The minimum atomic E-state index is -0.369. The first-order valence-electron chi connectivity index (χ1n) is 7.20. The van der Waals surface area contributed by atoms with Gasteiger partial charge in [-0.15, -0.1) is 0 Å². The van der Waals surface area contributed by atoms with Gasteiger partial charge >= 0.3 is 0 Å². The molecule has 1 aliphatic rings. The largest absolute Gasteiger partial charge is 0.376 e. The first-order chi connectivity index (χ1) is 10.2. The van der Waals surface area contributed by atoms with Crippen molar-refractivity contribution in [3.8, 4) is 6.07 Å². The Labute approximate surface area is 124 Å². The Morgan fingerprint density at radius 1 is 1.19 bits per heavy atom. The van der Waals surface area contributed by atoms with Crippen molar-refractivity contribution in [3.05, 3.63) is 65.0 Å². The van der Waals surface area contributed by atoms with Gasteiger partial charge in [-0.05, 0) is 49.4 Å². The van der Waals surface area contributed by atoms with Crippen molar-refractivity contribution in [2.45, 2.75) is 25.8 Å². The van der Waals surface area contributed by atoms with Crippen molar-refractivity contribution < 1.29 is 4.39 Å². The maximum absolute atomic E-state index is 14.0. The van der Waals surface area contributed by atoms with Crippen LogP contribution in [0.3, 0.4) is 0 Å². The number of halogens is 1. The number of aryl methyl sites for hydroxylation is 1. The van der Waals surface area contributed by atoms with Crippen LogP contribution in [0.1, 0.15) is 35.6 Å². The number of hydrogen-bond acceptors (Lipinski definition) is 2. The second-order valence-corrected chi connectivity index (χ2v) is 5.68. The molecule has 0 saturated heterocycles. The van der Waals surface area contributed by atoms with E-state index < -0.39 is 0 Å². The van der Waals surface area contributed by atoms with Crippen LogP contribution < -0.4 is 5.32 Å². The van der Waals surface area contributed by atoms with Crippen LogP contribution in [-0.2, 0) is 0 Å². The third kappa shape index (κ3) is 3.05. The zero-order valence-corrected chi connectivity index (χ0v) is 11.9. The highest BCUT2D eigenvalue weighted by atomic mass is 19.1. The molecule has 1 N–H and O–H groups in total. The Kier molecular flexibility index (Phi) is 3.62. The van der Waals surface area contributed by atoms with Gasteiger partial charge in [0, 0.05) is 0 Å². The maximum Gasteiger partial charge on any atom is 0.147 e. The fraction of sp³-hybridized carbons (Fsp3) is 0.278. The average molecular weight is 280 g/mol. The summed E-state index contributed by atoms with van der Waals surface area (Å²) in [6.07, 6.45) is 2.34. The van der Waals surface area contributed by atoms with Crippen molar-refractivity contribution in [2.24, 2.45) is 5.92 Å². The lowest BCUT2D eigenvalue weighted by atomic mass is 10.0. The van der Waals surface area contributed by atoms with Gasteiger partial charge in [0.15, 0.2) is 0 Å². The van der Waals surface area contributed by atoms with Crippen LogP contribution in [-0.4, -0.2) is 0 Å². The molecule has 2 aromatic carbocycles. The van der Waals surface area contributed by atoms with Crippen molar-refractivity contribution in [1.82, 2.24) is 0 Å². The summed E-state index contributed by atoms with van der Waals surface area (Å²) in [5.74, 6) is 0.189. The van der Waals surface area contributed by atoms with Gasteiger partial charge in [0.05, 0.1) is 23.4 Å². The molecule has 1 atom stereocenters. The van der Waals surface area contributed by atoms with Crippen LogP contribution in [0.5, 0.6) is 0 Å². The molecule has 0 bridgehead atoms. The second kappa shape index (κ2) is 5.57. The van der Waals surface area contributed by atoms with Gasteiger partial charge in [0.1, 0.15) is 5.82 Å². The van der Waals surface area contributed by atoms with E-state index in [0.717, 1.165) is 0 Å². The zero-order chi connectivity index (χ0) is 14.8. The Morgan fingerprint density at radius 2 is 1.90 bits per heavy atom. The van der Waals surface area contributed by atoms with Crippen LogP contribution in [0, 0.1) is 30.0 Å². The molecule has 0 radical (unpaired) electrons. The van der Waals surface area contributed by atoms with Crippen molar-refractivity contribution in [2.75, 3.05) is 5.32 Å². The Hall–Kier alpha value is -2.34. The average Bonchev–Trinajstić information content (AvgIpc) is 3.32. The number of nitrogens with one attached hydrogen (secondary N) is 1. The summed E-state index contributed by atoms with van der Waals surface area (Å²) in [5, 5.41) is 12.1. The van der Waals surface area contributed by atoms with Gasteiger partial charge in [0.2, 0.25) is 0 Å². The first kappa shape index (κ1) is 13.6. The van der Waals surface area contributed by atoms with E-state index in [1.165, 1.54) is 30.0 Å². The molecule has 0 heterocycles. The van der Waals surface area contributed by atoms with E-state index in [4.69, 9.17) is 5.26 Å². The van der Waals surface area contributed by atoms with Crippen molar-refractivity contribution in [3.63, 3.8) is 0 Å². The summed E-state index contributed by atoms with van der Waals surface area (Å²) in [5.41, 5.74) is 3.22. The molecule has 21 heavy (non-hydrogen) atoms. The van der Waals surface area contributed by atoms with Gasteiger partial charge in [-0.3, -0.25) is 0 Å². The molecule has 0 spiro atoms. The highest BCUT2D eigenvalue weighted by molar-refractivity contribution is 5.51. The summed E-state index contributed by atoms with van der Waals surface area (Å²) in [6.45, 7) is 2.06. The van der Waals surface area contributed by atoms with Crippen LogP contribution in [0.4, 0.5) is 10.1 Å². The quantitative estimate of drug-likeness (QED) is 0.890. The van der Waals surface area contributed by atoms with Crippen LogP contribution >= 0.6 is 0 Å². The lowest BCUT2D eigenvalue weighted by Gasteiger charge is -2.21. The third-order valence-electron chi connectivity index (χ3n) is 3.94. The number of benzene rings is 2. The topological polar surface area (TPSA) is 35.8 Å². The van der Waals surface area contributed by atoms with Gasteiger partial charge in [-0.25, -0.2) is 4.39 Å². The highest BCUT2D eigenvalue weighted by Crippen LogP contribution is 2.43. The monoisotopic (exact) mass is 280 g/mol. The summed E-state index contributed by atoms with van der Waals surface area (Å²) in [4.78, 5) is 0. The molecule has 3 heteroatoms. The van der Waals surface area contributed by atoms with Crippen molar-refractivity contribution in [1.29, 1.82) is 5.26 Å². The molecule has 1 aliphatic carbocycles. The van der Waals surface area contributed by atoms with Gasteiger partial charge < -0.3 is 5.32 Å². The van der Waals surface area contributed by atoms with Gasteiger partial charge in [-0.2, -0.15) is 5.26 Å². The van der Waals surface area contributed by atoms with E-state index in [2.05, 4.69) is 36.5 Å². The predicted octanol–water partition coefficient (Wildman–Crippen LogP) is 4.57. The molecule has 0 aliphatic heterocycles. The Balaban J connectivity index is 1.86. The molecule has 0 amide bonds. The number of nitriles is 1. The molecular formula is C18H17FN2. The summed E-state index contributed by atoms with van der Waals surface area (Å²) in [6, 6.07) is 15.0. The highest BCUT2D eigenvalue weighted by Gasteiger charge is 2.32. The third-order valence-corrected chi connectivity index (χ3v) is 3.94. The first-order valence-corrected chi connectivity index (χ1v) is 7.20. The molecule has 1 unspecified atom stereocenters. The van der Waals surface area contributed by atoms with Gasteiger partial charge in [0.25, 0.3) is 0 Å². The molecule has 2 nitrogen and oxygen atoms in total. The van der Waals surface area contributed by atoms with Crippen LogP contribution in [0.25, 0.3) is 0 Å². The lowest BCUT2D eigenvalue weighted by molar-refractivity contribution is 0.616.